The third-order valence-electron chi connectivity index (χ3n) is 3.57. The van der Waals surface area contributed by atoms with Gasteiger partial charge in [0.05, 0.1) is 6.61 Å². The molecular weight excluding hydrogens is 218 g/mol. The van der Waals surface area contributed by atoms with Crippen LogP contribution in [0.15, 0.2) is 0 Å². The Morgan fingerprint density at radius 2 is 2.19 bits per heavy atom. The van der Waals surface area contributed by atoms with Crippen molar-refractivity contribution in [3.8, 4) is 0 Å². The Bertz CT molecular complexity index is 208. The fourth-order valence-corrected chi connectivity index (χ4v) is 4.09. The van der Waals surface area contributed by atoms with Gasteiger partial charge in [-0.1, -0.05) is 27.7 Å². The molecule has 16 heavy (non-hydrogen) atoms. The summed E-state index contributed by atoms with van der Waals surface area (Å²) in [7, 11) is 0. The van der Waals surface area contributed by atoms with E-state index in [0.29, 0.717) is 28.6 Å². The summed E-state index contributed by atoms with van der Waals surface area (Å²) < 4.78 is 0. The van der Waals surface area contributed by atoms with Gasteiger partial charge in [-0.3, -0.25) is 0 Å². The Hall–Kier alpha value is 0.270. The summed E-state index contributed by atoms with van der Waals surface area (Å²) in [6.45, 7) is 10.5. The van der Waals surface area contributed by atoms with Crippen molar-refractivity contribution in [2.45, 2.75) is 63.5 Å². The lowest BCUT2D eigenvalue weighted by Gasteiger charge is -2.32. The molecular formula is C13H27NOS. The van der Waals surface area contributed by atoms with Crippen LogP contribution >= 0.6 is 11.8 Å². The maximum Gasteiger partial charge on any atom is 0.0547 e. The molecule has 0 aliphatic heterocycles. The summed E-state index contributed by atoms with van der Waals surface area (Å²) in [6, 6.07) is 0.603. The van der Waals surface area contributed by atoms with E-state index in [-0.39, 0.29) is 0 Å². The van der Waals surface area contributed by atoms with Crippen LogP contribution in [-0.2, 0) is 0 Å². The van der Waals surface area contributed by atoms with Gasteiger partial charge in [-0.15, -0.1) is 0 Å². The SMILES string of the molecule is CCCNC1C(SC(C)CO)CCC1(C)C. The second-order valence-corrected chi connectivity index (χ2v) is 7.31. The summed E-state index contributed by atoms with van der Waals surface area (Å²) in [6.07, 6.45) is 3.77. The Kier molecular flexibility index (Phi) is 5.62. The molecule has 0 radical (unpaired) electrons. The quantitative estimate of drug-likeness (QED) is 0.754. The number of hydrogen-bond acceptors (Lipinski definition) is 3. The number of nitrogens with one attached hydrogen (secondary N) is 1. The zero-order valence-electron chi connectivity index (χ0n) is 11.1. The van der Waals surface area contributed by atoms with E-state index < -0.39 is 0 Å². The van der Waals surface area contributed by atoms with Crippen molar-refractivity contribution < 1.29 is 5.11 Å². The van der Waals surface area contributed by atoms with Gasteiger partial charge in [0.25, 0.3) is 0 Å². The minimum Gasteiger partial charge on any atom is -0.395 e. The molecule has 2 N–H and O–H groups in total. The molecule has 96 valence electrons. The monoisotopic (exact) mass is 245 g/mol. The van der Waals surface area contributed by atoms with Crippen LogP contribution in [0, 0.1) is 5.41 Å². The van der Waals surface area contributed by atoms with Crippen molar-refractivity contribution in [1.82, 2.24) is 5.32 Å². The molecule has 2 nitrogen and oxygen atoms in total. The highest BCUT2D eigenvalue weighted by atomic mass is 32.2. The van der Waals surface area contributed by atoms with Crippen LogP contribution in [0.25, 0.3) is 0 Å². The van der Waals surface area contributed by atoms with Crippen molar-refractivity contribution >= 4 is 11.8 Å². The molecule has 1 saturated carbocycles. The molecule has 1 rings (SSSR count). The number of hydrogen-bond donors (Lipinski definition) is 2. The lowest BCUT2D eigenvalue weighted by molar-refractivity contribution is 0.285. The zero-order chi connectivity index (χ0) is 12.2. The average Bonchev–Trinajstić information content (AvgIpc) is 2.51. The minimum absolute atomic E-state index is 0.294. The van der Waals surface area contributed by atoms with Gasteiger partial charge in [0.1, 0.15) is 0 Å². The lowest BCUT2D eigenvalue weighted by Crippen LogP contribution is -2.44. The van der Waals surface area contributed by atoms with Crippen molar-refractivity contribution in [3.05, 3.63) is 0 Å². The summed E-state index contributed by atoms with van der Waals surface area (Å²) in [5.41, 5.74) is 0.405. The van der Waals surface area contributed by atoms with E-state index in [4.69, 9.17) is 5.11 Å². The predicted molar refractivity (Wildman–Crippen MR) is 73.0 cm³/mol. The van der Waals surface area contributed by atoms with E-state index in [1.54, 1.807) is 0 Å². The van der Waals surface area contributed by atoms with Crippen LogP contribution in [-0.4, -0.2) is 34.8 Å². The molecule has 1 aliphatic rings. The molecule has 3 heteroatoms. The maximum atomic E-state index is 9.15. The molecule has 1 aliphatic carbocycles. The highest BCUT2D eigenvalue weighted by Crippen LogP contribution is 2.43. The van der Waals surface area contributed by atoms with Gasteiger partial charge in [0, 0.05) is 16.5 Å². The molecule has 0 saturated heterocycles. The summed E-state index contributed by atoms with van der Waals surface area (Å²) >= 11 is 1.96. The van der Waals surface area contributed by atoms with Crippen LogP contribution in [0.4, 0.5) is 0 Å². The van der Waals surface area contributed by atoms with Crippen LogP contribution in [0.3, 0.4) is 0 Å². The van der Waals surface area contributed by atoms with Crippen LogP contribution in [0.1, 0.15) is 47.0 Å². The molecule has 0 aromatic heterocycles. The average molecular weight is 245 g/mol. The van der Waals surface area contributed by atoms with Gasteiger partial charge in [-0.25, -0.2) is 0 Å². The molecule has 3 unspecified atom stereocenters. The molecule has 3 atom stereocenters. The molecule has 0 heterocycles. The first kappa shape index (κ1) is 14.3. The summed E-state index contributed by atoms with van der Waals surface area (Å²) in [5, 5.41) is 13.9. The van der Waals surface area contributed by atoms with Crippen molar-refractivity contribution in [2.24, 2.45) is 5.41 Å². The Morgan fingerprint density at radius 3 is 2.75 bits per heavy atom. The summed E-state index contributed by atoms with van der Waals surface area (Å²) in [5.74, 6) is 0. The maximum absolute atomic E-state index is 9.15. The van der Waals surface area contributed by atoms with Crippen LogP contribution in [0.5, 0.6) is 0 Å². The molecule has 0 spiro atoms. The second-order valence-electron chi connectivity index (χ2n) is 5.63. The highest BCUT2D eigenvalue weighted by Gasteiger charge is 2.42. The topological polar surface area (TPSA) is 32.3 Å². The minimum atomic E-state index is 0.294. The smallest absolute Gasteiger partial charge is 0.0547 e. The largest absolute Gasteiger partial charge is 0.395 e. The van der Waals surface area contributed by atoms with Gasteiger partial charge in [-0.2, -0.15) is 11.8 Å². The third kappa shape index (κ3) is 3.64. The lowest BCUT2D eigenvalue weighted by atomic mass is 9.87. The first-order chi connectivity index (χ1) is 7.51. The van der Waals surface area contributed by atoms with Gasteiger partial charge in [-0.05, 0) is 31.2 Å². The van der Waals surface area contributed by atoms with Gasteiger partial charge >= 0.3 is 0 Å². The van der Waals surface area contributed by atoms with Crippen molar-refractivity contribution in [2.75, 3.05) is 13.2 Å². The number of rotatable bonds is 6. The normalized spacial score (nSPS) is 30.6. The predicted octanol–water partition coefficient (Wildman–Crippen LogP) is 2.66. The second kappa shape index (κ2) is 6.27. The number of thioether (sulfide) groups is 1. The standard InChI is InChI=1S/C13H27NOS/c1-5-8-14-12-11(16-10(2)9-15)6-7-13(12,3)4/h10-12,14-15H,5-9H2,1-4H3. The van der Waals surface area contributed by atoms with Gasteiger partial charge < -0.3 is 10.4 Å². The van der Waals surface area contributed by atoms with Crippen LogP contribution in [0.2, 0.25) is 0 Å². The van der Waals surface area contributed by atoms with E-state index in [1.807, 2.05) is 11.8 Å². The van der Waals surface area contributed by atoms with Crippen LogP contribution < -0.4 is 5.32 Å². The Balaban J connectivity index is 2.55. The highest BCUT2D eigenvalue weighted by molar-refractivity contribution is 8.00. The fourth-order valence-electron chi connectivity index (χ4n) is 2.54. The van der Waals surface area contributed by atoms with E-state index >= 15 is 0 Å². The first-order valence-electron chi connectivity index (χ1n) is 6.51. The zero-order valence-corrected chi connectivity index (χ0v) is 11.9. The van der Waals surface area contributed by atoms with E-state index in [1.165, 1.54) is 19.3 Å². The van der Waals surface area contributed by atoms with E-state index in [0.717, 1.165) is 6.54 Å². The van der Waals surface area contributed by atoms with Crippen molar-refractivity contribution in [1.29, 1.82) is 0 Å². The molecule has 0 bridgehead atoms. The number of aliphatic hydroxyl groups excluding tert-OH is 1. The molecule has 0 aromatic carbocycles. The number of aliphatic hydroxyl groups is 1. The van der Waals surface area contributed by atoms with E-state index in [9.17, 15) is 0 Å². The Morgan fingerprint density at radius 1 is 1.50 bits per heavy atom. The fraction of sp³-hybridized carbons (Fsp3) is 1.00. The third-order valence-corrected chi connectivity index (χ3v) is 5.04. The van der Waals surface area contributed by atoms with Gasteiger partial charge in [0.2, 0.25) is 0 Å². The van der Waals surface area contributed by atoms with E-state index in [2.05, 4.69) is 33.0 Å². The summed E-state index contributed by atoms with van der Waals surface area (Å²) in [4.78, 5) is 0. The van der Waals surface area contributed by atoms with Crippen molar-refractivity contribution in [3.63, 3.8) is 0 Å². The van der Waals surface area contributed by atoms with Gasteiger partial charge in [0.15, 0.2) is 0 Å². The molecule has 0 amide bonds. The first-order valence-corrected chi connectivity index (χ1v) is 7.45. The molecule has 1 fully saturated rings. The molecule has 0 aromatic rings. The Labute approximate surface area is 105 Å².